The van der Waals surface area contributed by atoms with Gasteiger partial charge in [0.05, 0.1) is 16.6 Å². The van der Waals surface area contributed by atoms with Crippen LogP contribution in [0.1, 0.15) is 0 Å². The quantitative estimate of drug-likeness (QED) is 0.272. The smallest absolute Gasteiger partial charge is 0.0964 e. The number of thiophene rings is 1. The molecule has 0 spiro atoms. The summed E-state index contributed by atoms with van der Waals surface area (Å²) in [6.07, 6.45) is 2.00. The summed E-state index contributed by atoms with van der Waals surface area (Å²) >= 11 is 1.86. The van der Waals surface area contributed by atoms with Gasteiger partial charge in [0.2, 0.25) is 0 Å². The lowest BCUT2D eigenvalue weighted by Gasteiger charge is -2.08. The van der Waals surface area contributed by atoms with Crippen LogP contribution in [0.4, 0.5) is 0 Å². The first kappa shape index (κ1) is 17.7. The van der Waals surface area contributed by atoms with E-state index in [0.29, 0.717) is 0 Å². The zero-order chi connectivity index (χ0) is 21.1. The maximum atomic E-state index is 4.99. The number of hydrogen-bond donors (Lipinski definition) is 0. The largest absolute Gasteiger partial charge is 0.308 e. The van der Waals surface area contributed by atoms with Crippen LogP contribution >= 0.6 is 11.3 Å². The maximum Gasteiger partial charge on any atom is 0.0964 e. The normalized spacial score (nSPS) is 11.8. The highest BCUT2D eigenvalue weighted by molar-refractivity contribution is 7.25. The lowest BCUT2D eigenvalue weighted by molar-refractivity contribution is 1.18. The summed E-state index contributed by atoms with van der Waals surface area (Å²) in [5.41, 5.74) is 6.84. The van der Waals surface area contributed by atoms with Crippen LogP contribution in [0.3, 0.4) is 0 Å². The van der Waals surface area contributed by atoms with Crippen molar-refractivity contribution in [2.45, 2.75) is 0 Å². The monoisotopic (exact) mass is 426 g/mol. The first-order valence-electron chi connectivity index (χ1n) is 10.7. The molecule has 0 atom stereocenters. The molecule has 150 valence electrons. The van der Waals surface area contributed by atoms with Gasteiger partial charge in [-0.1, -0.05) is 66.7 Å². The molecule has 0 fully saturated rings. The summed E-state index contributed by atoms with van der Waals surface area (Å²) in [7, 11) is 0. The SMILES string of the molecule is c1ccc(-c2cnc3c4cc5c(cc4n(-c4ccccc4)c3c2)sc2ccccc25)cc1. The van der Waals surface area contributed by atoms with E-state index in [1.807, 2.05) is 23.6 Å². The fraction of sp³-hybridized carbons (Fsp3) is 0. The standard InChI is InChI=1S/C29H18N2S/c1-3-9-19(10-4-1)20-15-26-29(30-18-20)24-16-23-22-13-7-8-14-27(22)32-28(23)17-25(24)31(26)21-11-5-2-6-12-21/h1-18H. The molecule has 0 amide bonds. The van der Waals surface area contributed by atoms with Gasteiger partial charge in [-0.15, -0.1) is 11.3 Å². The Morgan fingerprint density at radius 3 is 2.16 bits per heavy atom. The maximum absolute atomic E-state index is 4.99. The zero-order valence-electron chi connectivity index (χ0n) is 17.2. The first-order chi connectivity index (χ1) is 15.9. The summed E-state index contributed by atoms with van der Waals surface area (Å²) in [6, 6.07) is 36.7. The van der Waals surface area contributed by atoms with E-state index in [-0.39, 0.29) is 0 Å². The third-order valence-corrected chi connectivity index (χ3v) is 7.35. The predicted octanol–water partition coefficient (Wildman–Crippen LogP) is 8.21. The molecule has 0 saturated carbocycles. The van der Waals surface area contributed by atoms with Gasteiger partial charge in [0.1, 0.15) is 0 Å². The summed E-state index contributed by atoms with van der Waals surface area (Å²) in [6.45, 7) is 0. The van der Waals surface area contributed by atoms with Gasteiger partial charge in [-0.25, -0.2) is 0 Å². The molecule has 3 heterocycles. The van der Waals surface area contributed by atoms with Crippen molar-refractivity contribution >= 4 is 53.4 Å². The van der Waals surface area contributed by atoms with Crippen LogP contribution in [0.5, 0.6) is 0 Å². The molecule has 0 radical (unpaired) electrons. The molecule has 4 aromatic carbocycles. The third kappa shape index (κ3) is 2.55. The van der Waals surface area contributed by atoms with E-state index in [0.717, 1.165) is 22.3 Å². The molecule has 7 rings (SSSR count). The molecule has 7 aromatic rings. The minimum Gasteiger partial charge on any atom is -0.308 e. The molecule has 0 saturated heterocycles. The highest BCUT2D eigenvalue weighted by Gasteiger charge is 2.17. The topological polar surface area (TPSA) is 17.8 Å². The summed E-state index contributed by atoms with van der Waals surface area (Å²) in [5, 5.41) is 3.81. The molecular formula is C29H18N2S. The second kappa shape index (κ2) is 6.78. The Morgan fingerprint density at radius 1 is 0.562 bits per heavy atom. The minimum absolute atomic E-state index is 1.04. The summed E-state index contributed by atoms with van der Waals surface area (Å²) in [4.78, 5) is 4.99. The van der Waals surface area contributed by atoms with Gasteiger partial charge in [0.15, 0.2) is 0 Å². The Balaban J connectivity index is 1.63. The van der Waals surface area contributed by atoms with Crippen molar-refractivity contribution in [2.75, 3.05) is 0 Å². The summed E-state index contributed by atoms with van der Waals surface area (Å²) < 4.78 is 4.99. The van der Waals surface area contributed by atoms with Crippen molar-refractivity contribution in [1.29, 1.82) is 0 Å². The van der Waals surface area contributed by atoms with E-state index in [2.05, 4.69) is 102 Å². The molecule has 0 N–H and O–H groups in total. The van der Waals surface area contributed by atoms with Gasteiger partial charge < -0.3 is 4.57 Å². The Hall–Kier alpha value is -3.95. The fourth-order valence-corrected chi connectivity index (χ4v) is 5.86. The lowest BCUT2D eigenvalue weighted by Crippen LogP contribution is -1.93. The van der Waals surface area contributed by atoms with Crippen molar-refractivity contribution in [2.24, 2.45) is 0 Å². The average Bonchev–Trinajstić information content (AvgIpc) is 3.38. The van der Waals surface area contributed by atoms with Gasteiger partial charge in [0, 0.05) is 43.0 Å². The predicted molar refractivity (Wildman–Crippen MR) is 137 cm³/mol. The van der Waals surface area contributed by atoms with E-state index >= 15 is 0 Å². The Kier molecular flexibility index (Phi) is 3.75. The van der Waals surface area contributed by atoms with Crippen molar-refractivity contribution in [3.63, 3.8) is 0 Å². The van der Waals surface area contributed by atoms with Crippen LogP contribution in [-0.2, 0) is 0 Å². The van der Waals surface area contributed by atoms with Crippen molar-refractivity contribution in [1.82, 2.24) is 9.55 Å². The lowest BCUT2D eigenvalue weighted by atomic mass is 10.1. The van der Waals surface area contributed by atoms with Gasteiger partial charge in [0.25, 0.3) is 0 Å². The van der Waals surface area contributed by atoms with Crippen molar-refractivity contribution in [3.8, 4) is 16.8 Å². The Labute approximate surface area is 189 Å². The first-order valence-corrected chi connectivity index (χ1v) is 11.5. The van der Waals surface area contributed by atoms with Crippen LogP contribution < -0.4 is 0 Å². The number of benzene rings is 4. The van der Waals surface area contributed by atoms with Crippen LogP contribution in [0, 0.1) is 0 Å². The third-order valence-electron chi connectivity index (χ3n) is 6.22. The molecule has 0 bridgehead atoms. The number of para-hydroxylation sites is 1. The Morgan fingerprint density at radius 2 is 1.31 bits per heavy atom. The van der Waals surface area contributed by atoms with Gasteiger partial charge in [-0.05, 0) is 42.0 Å². The molecule has 32 heavy (non-hydrogen) atoms. The van der Waals surface area contributed by atoms with Crippen LogP contribution in [0.15, 0.2) is 109 Å². The number of nitrogens with zero attached hydrogens (tertiary/aromatic N) is 2. The molecule has 3 aromatic heterocycles. The zero-order valence-corrected chi connectivity index (χ0v) is 18.0. The number of pyridine rings is 1. The molecule has 0 aliphatic carbocycles. The molecular weight excluding hydrogens is 408 g/mol. The molecule has 3 heteroatoms. The second-order valence-electron chi connectivity index (χ2n) is 8.09. The number of aromatic nitrogens is 2. The molecule has 0 aliphatic heterocycles. The number of rotatable bonds is 2. The van der Waals surface area contributed by atoms with Gasteiger partial charge in [-0.3, -0.25) is 4.98 Å². The number of hydrogen-bond acceptors (Lipinski definition) is 2. The van der Waals surface area contributed by atoms with Crippen LogP contribution in [0.2, 0.25) is 0 Å². The van der Waals surface area contributed by atoms with E-state index in [1.54, 1.807) is 0 Å². The van der Waals surface area contributed by atoms with Crippen LogP contribution in [0.25, 0.3) is 58.9 Å². The van der Waals surface area contributed by atoms with E-state index in [9.17, 15) is 0 Å². The van der Waals surface area contributed by atoms with E-state index in [4.69, 9.17) is 4.98 Å². The van der Waals surface area contributed by atoms with Crippen molar-refractivity contribution < 1.29 is 0 Å². The van der Waals surface area contributed by atoms with Crippen LogP contribution in [-0.4, -0.2) is 9.55 Å². The molecule has 0 unspecified atom stereocenters. The summed E-state index contributed by atoms with van der Waals surface area (Å²) in [5.74, 6) is 0. The Bertz CT molecular complexity index is 1760. The second-order valence-corrected chi connectivity index (χ2v) is 9.18. The number of fused-ring (bicyclic) bond motifs is 6. The fourth-order valence-electron chi connectivity index (χ4n) is 4.74. The molecule has 2 nitrogen and oxygen atoms in total. The minimum atomic E-state index is 1.04. The van der Waals surface area contributed by atoms with E-state index < -0.39 is 0 Å². The van der Waals surface area contributed by atoms with Gasteiger partial charge >= 0.3 is 0 Å². The van der Waals surface area contributed by atoms with E-state index in [1.165, 1.54) is 36.6 Å². The highest BCUT2D eigenvalue weighted by Crippen LogP contribution is 2.40. The highest BCUT2D eigenvalue weighted by atomic mass is 32.1. The average molecular weight is 427 g/mol. The molecule has 0 aliphatic rings. The van der Waals surface area contributed by atoms with Gasteiger partial charge in [-0.2, -0.15) is 0 Å². The van der Waals surface area contributed by atoms with Crippen molar-refractivity contribution in [3.05, 3.63) is 109 Å².